The minimum atomic E-state index is -0.756. The van der Waals surface area contributed by atoms with Crippen LogP contribution in [0.1, 0.15) is 18.9 Å². The van der Waals surface area contributed by atoms with Crippen molar-refractivity contribution in [3.05, 3.63) is 46.4 Å². The number of nitrogens with zero attached hydrogens (tertiary/aromatic N) is 4. The number of H-pyrrole nitrogens is 1. The first-order valence-corrected chi connectivity index (χ1v) is 7.96. The van der Waals surface area contributed by atoms with Crippen LogP contribution < -0.4 is 10.5 Å². The van der Waals surface area contributed by atoms with Crippen LogP contribution >= 0.6 is 0 Å². The number of β-amino-alcohol motifs (C(OH)–C–C–N with tert-alkyl or cyclic N) is 1. The number of para-hydroxylation sites is 1. The van der Waals surface area contributed by atoms with Crippen molar-refractivity contribution >= 4 is 17.0 Å². The van der Waals surface area contributed by atoms with Crippen molar-refractivity contribution in [2.24, 2.45) is 0 Å². The van der Waals surface area contributed by atoms with Gasteiger partial charge in [0.25, 0.3) is 5.56 Å². The van der Waals surface area contributed by atoms with Crippen LogP contribution in [0.15, 0.2) is 35.3 Å². The highest BCUT2D eigenvalue weighted by Crippen LogP contribution is 2.24. The fourth-order valence-corrected chi connectivity index (χ4v) is 3.12. The Bertz CT molecular complexity index is 973. The van der Waals surface area contributed by atoms with E-state index in [1.165, 1.54) is 0 Å². The summed E-state index contributed by atoms with van der Waals surface area (Å²) in [5.41, 5.74) is 1.41. The van der Waals surface area contributed by atoms with Crippen molar-refractivity contribution in [3.8, 4) is 5.69 Å². The van der Waals surface area contributed by atoms with E-state index >= 15 is 0 Å². The highest BCUT2D eigenvalue weighted by Gasteiger charge is 2.32. The minimum absolute atomic E-state index is 0.221. The second kappa shape index (κ2) is 5.17. The molecule has 3 aromatic rings. The topological polar surface area (TPSA) is 87.0 Å². The van der Waals surface area contributed by atoms with Crippen LogP contribution in [-0.2, 0) is 0 Å². The zero-order valence-electron chi connectivity index (χ0n) is 13.7. The molecule has 24 heavy (non-hydrogen) atoms. The summed E-state index contributed by atoms with van der Waals surface area (Å²) in [6.07, 6.45) is 2.35. The van der Waals surface area contributed by atoms with Crippen molar-refractivity contribution in [2.45, 2.75) is 25.9 Å². The maximum absolute atomic E-state index is 12.4. The van der Waals surface area contributed by atoms with Crippen molar-refractivity contribution in [3.63, 3.8) is 0 Å². The quantitative estimate of drug-likeness (QED) is 0.743. The SMILES string of the molecule is Cc1ccccc1-n1cc2c(=O)[nH]c(N3CCC(C)(O)C3)nc2n1. The Morgan fingerprint density at radius 1 is 1.33 bits per heavy atom. The number of nitrogens with one attached hydrogen (secondary N) is 1. The van der Waals surface area contributed by atoms with Gasteiger partial charge in [0.1, 0.15) is 5.39 Å². The monoisotopic (exact) mass is 325 g/mol. The number of benzene rings is 1. The Kier molecular flexibility index (Phi) is 3.21. The molecule has 4 rings (SSSR count). The number of anilines is 1. The van der Waals surface area contributed by atoms with Gasteiger partial charge in [-0.1, -0.05) is 18.2 Å². The molecule has 2 N–H and O–H groups in total. The highest BCUT2D eigenvalue weighted by molar-refractivity contribution is 5.74. The third kappa shape index (κ3) is 2.46. The van der Waals surface area contributed by atoms with E-state index in [1.807, 2.05) is 36.1 Å². The predicted molar refractivity (Wildman–Crippen MR) is 91.7 cm³/mol. The molecule has 0 aliphatic carbocycles. The van der Waals surface area contributed by atoms with Gasteiger partial charge in [0.05, 0.1) is 11.3 Å². The summed E-state index contributed by atoms with van der Waals surface area (Å²) >= 11 is 0. The number of aryl methyl sites for hydroxylation is 1. The molecule has 1 atom stereocenters. The molecule has 2 aromatic heterocycles. The lowest BCUT2D eigenvalue weighted by molar-refractivity contribution is 0.0838. The number of fused-ring (bicyclic) bond motifs is 1. The Labute approximate surface area is 138 Å². The van der Waals surface area contributed by atoms with Crippen LogP contribution in [-0.4, -0.2) is 43.5 Å². The molecule has 1 aromatic carbocycles. The van der Waals surface area contributed by atoms with Crippen LogP contribution in [0.25, 0.3) is 16.7 Å². The van der Waals surface area contributed by atoms with Gasteiger partial charge in [-0.3, -0.25) is 9.78 Å². The van der Waals surface area contributed by atoms with Gasteiger partial charge < -0.3 is 10.0 Å². The largest absolute Gasteiger partial charge is 0.388 e. The van der Waals surface area contributed by atoms with E-state index < -0.39 is 5.60 Å². The van der Waals surface area contributed by atoms with Gasteiger partial charge in [0.15, 0.2) is 5.65 Å². The first kappa shape index (κ1) is 14.9. The van der Waals surface area contributed by atoms with Gasteiger partial charge >= 0.3 is 0 Å². The lowest BCUT2D eigenvalue weighted by Gasteiger charge is -2.18. The van der Waals surface area contributed by atoms with Crippen molar-refractivity contribution < 1.29 is 5.11 Å². The highest BCUT2D eigenvalue weighted by atomic mass is 16.3. The first-order valence-electron chi connectivity index (χ1n) is 7.96. The van der Waals surface area contributed by atoms with Crippen molar-refractivity contribution in [1.29, 1.82) is 0 Å². The number of aliphatic hydroxyl groups is 1. The molecule has 0 amide bonds. The fourth-order valence-electron chi connectivity index (χ4n) is 3.12. The summed E-state index contributed by atoms with van der Waals surface area (Å²) < 4.78 is 1.69. The van der Waals surface area contributed by atoms with Gasteiger partial charge in [-0.15, -0.1) is 5.10 Å². The van der Waals surface area contributed by atoms with Gasteiger partial charge in [0, 0.05) is 19.3 Å². The van der Waals surface area contributed by atoms with E-state index in [2.05, 4.69) is 15.1 Å². The second-order valence-electron chi connectivity index (χ2n) is 6.66. The van der Waals surface area contributed by atoms with Gasteiger partial charge in [-0.25, -0.2) is 4.68 Å². The number of rotatable bonds is 2. The standard InChI is InChI=1S/C17H19N5O2/c1-11-5-3-4-6-13(11)22-9-12-14(20-22)18-16(19-15(12)23)21-8-7-17(2,24)10-21/h3-6,9,24H,7-8,10H2,1-2H3,(H,18,19,20,23). The normalized spacial score (nSPS) is 20.9. The maximum atomic E-state index is 12.4. The minimum Gasteiger partial charge on any atom is -0.388 e. The molecular formula is C17H19N5O2. The molecule has 0 radical (unpaired) electrons. The molecule has 0 saturated carbocycles. The zero-order valence-corrected chi connectivity index (χ0v) is 13.7. The maximum Gasteiger partial charge on any atom is 0.263 e. The fraction of sp³-hybridized carbons (Fsp3) is 0.353. The number of hydrogen-bond acceptors (Lipinski definition) is 5. The Morgan fingerprint density at radius 2 is 2.12 bits per heavy atom. The third-order valence-corrected chi connectivity index (χ3v) is 4.49. The lowest BCUT2D eigenvalue weighted by Crippen LogP contribution is -2.31. The van der Waals surface area contributed by atoms with E-state index in [-0.39, 0.29) is 5.56 Å². The average Bonchev–Trinajstić information content (AvgIpc) is 3.11. The number of aromatic nitrogens is 4. The van der Waals surface area contributed by atoms with Gasteiger partial charge in [-0.2, -0.15) is 4.98 Å². The molecule has 7 heteroatoms. The molecule has 0 bridgehead atoms. The predicted octanol–water partition coefficient (Wildman–Crippen LogP) is 1.38. The van der Waals surface area contributed by atoms with Gasteiger partial charge in [-0.05, 0) is 31.9 Å². The van der Waals surface area contributed by atoms with Crippen LogP contribution in [0.5, 0.6) is 0 Å². The number of aromatic amines is 1. The van der Waals surface area contributed by atoms with E-state index in [0.29, 0.717) is 36.5 Å². The van der Waals surface area contributed by atoms with E-state index in [1.54, 1.807) is 17.8 Å². The molecule has 124 valence electrons. The molecule has 1 aliphatic rings. The third-order valence-electron chi connectivity index (χ3n) is 4.49. The summed E-state index contributed by atoms with van der Waals surface area (Å²) in [6, 6.07) is 7.85. The van der Waals surface area contributed by atoms with E-state index in [9.17, 15) is 9.90 Å². The molecule has 0 spiro atoms. The van der Waals surface area contributed by atoms with E-state index in [0.717, 1.165) is 11.3 Å². The summed E-state index contributed by atoms with van der Waals surface area (Å²) in [4.78, 5) is 21.6. The molecule has 1 fully saturated rings. The smallest absolute Gasteiger partial charge is 0.263 e. The van der Waals surface area contributed by atoms with Crippen LogP contribution in [0.3, 0.4) is 0 Å². The molecular weight excluding hydrogens is 306 g/mol. The zero-order chi connectivity index (χ0) is 16.9. The lowest BCUT2D eigenvalue weighted by atomic mass is 10.1. The van der Waals surface area contributed by atoms with Crippen LogP contribution in [0, 0.1) is 6.92 Å². The Morgan fingerprint density at radius 3 is 2.83 bits per heavy atom. The molecule has 1 aliphatic heterocycles. The van der Waals surface area contributed by atoms with Crippen LogP contribution in [0.4, 0.5) is 5.95 Å². The second-order valence-corrected chi connectivity index (χ2v) is 6.66. The Hall–Kier alpha value is -2.67. The summed E-state index contributed by atoms with van der Waals surface area (Å²) in [5.74, 6) is 0.459. The summed E-state index contributed by atoms with van der Waals surface area (Å²) in [6.45, 7) is 4.88. The molecule has 7 nitrogen and oxygen atoms in total. The van der Waals surface area contributed by atoms with Crippen molar-refractivity contribution in [1.82, 2.24) is 19.7 Å². The first-order chi connectivity index (χ1) is 11.4. The molecule has 1 saturated heterocycles. The summed E-state index contributed by atoms with van der Waals surface area (Å²) in [5, 5.41) is 15.0. The van der Waals surface area contributed by atoms with Crippen molar-refractivity contribution in [2.75, 3.05) is 18.0 Å². The molecule has 3 heterocycles. The average molecular weight is 325 g/mol. The molecule has 1 unspecified atom stereocenters. The van der Waals surface area contributed by atoms with E-state index in [4.69, 9.17) is 0 Å². The van der Waals surface area contributed by atoms with Crippen LogP contribution in [0.2, 0.25) is 0 Å². The van der Waals surface area contributed by atoms with Gasteiger partial charge in [0.2, 0.25) is 5.95 Å². The summed E-state index contributed by atoms with van der Waals surface area (Å²) in [7, 11) is 0. The Balaban J connectivity index is 1.79. The number of hydrogen-bond donors (Lipinski definition) is 2.